The van der Waals surface area contributed by atoms with Crippen molar-refractivity contribution in [2.24, 2.45) is 0 Å². The van der Waals surface area contributed by atoms with Crippen LogP contribution in [-0.2, 0) is 10.0 Å². The Balaban J connectivity index is 2.63. The highest BCUT2D eigenvalue weighted by atomic mass is 35.5. The number of nitro benzene ring substituents is 1. The average Bonchev–Trinajstić information content (AvgIpc) is 2.76. The molecular formula is C10H8ClN3O4S. The highest BCUT2D eigenvalue weighted by molar-refractivity contribution is 7.90. The molecule has 0 saturated carbocycles. The van der Waals surface area contributed by atoms with Gasteiger partial charge in [0.2, 0.25) is 0 Å². The highest BCUT2D eigenvalue weighted by Crippen LogP contribution is 2.28. The van der Waals surface area contributed by atoms with Gasteiger partial charge in [-0.1, -0.05) is 11.6 Å². The Morgan fingerprint density at radius 3 is 2.63 bits per heavy atom. The van der Waals surface area contributed by atoms with Crippen LogP contribution in [0.4, 0.5) is 5.69 Å². The molecule has 7 nitrogen and oxygen atoms in total. The summed E-state index contributed by atoms with van der Waals surface area (Å²) >= 11 is 5.64. The number of aryl methyl sites for hydroxylation is 1. The molecule has 2 aromatic rings. The SMILES string of the molecule is Cc1nccn1S(=O)(=O)c1ccc(Cl)c([N+](=O)[O-])c1. The van der Waals surface area contributed by atoms with E-state index < -0.39 is 20.6 Å². The molecule has 0 radical (unpaired) electrons. The number of imidazole rings is 1. The van der Waals surface area contributed by atoms with E-state index in [0.29, 0.717) is 0 Å². The van der Waals surface area contributed by atoms with Gasteiger partial charge in [-0.3, -0.25) is 10.1 Å². The number of nitro groups is 1. The first-order valence-corrected chi connectivity index (χ1v) is 6.85. The molecule has 1 aromatic carbocycles. The van der Waals surface area contributed by atoms with E-state index in [1.54, 1.807) is 0 Å². The van der Waals surface area contributed by atoms with Gasteiger partial charge in [0, 0.05) is 18.5 Å². The minimum atomic E-state index is -3.91. The molecule has 1 heterocycles. The number of hydrogen-bond donors (Lipinski definition) is 0. The Morgan fingerprint density at radius 1 is 1.42 bits per heavy atom. The summed E-state index contributed by atoms with van der Waals surface area (Å²) in [4.78, 5) is 13.6. The van der Waals surface area contributed by atoms with E-state index in [1.807, 2.05) is 0 Å². The van der Waals surface area contributed by atoms with Crippen LogP contribution in [0.25, 0.3) is 0 Å². The third-order valence-corrected chi connectivity index (χ3v) is 4.53. The fraction of sp³-hybridized carbons (Fsp3) is 0.100. The summed E-state index contributed by atoms with van der Waals surface area (Å²) in [7, 11) is -3.91. The lowest BCUT2D eigenvalue weighted by Crippen LogP contribution is -2.13. The standard InChI is InChI=1S/C10H8ClN3O4S/c1-7-12-4-5-13(7)19(17,18)8-2-3-9(11)10(6-8)14(15)16/h2-6H,1H3. The smallest absolute Gasteiger partial charge is 0.258 e. The van der Waals surface area contributed by atoms with E-state index in [0.717, 1.165) is 10.0 Å². The average molecular weight is 302 g/mol. The van der Waals surface area contributed by atoms with Crippen LogP contribution >= 0.6 is 11.6 Å². The molecule has 0 atom stereocenters. The van der Waals surface area contributed by atoms with E-state index in [9.17, 15) is 18.5 Å². The van der Waals surface area contributed by atoms with Gasteiger partial charge in [0.1, 0.15) is 10.8 Å². The summed E-state index contributed by atoms with van der Waals surface area (Å²) in [5.41, 5.74) is -0.458. The van der Waals surface area contributed by atoms with Gasteiger partial charge in [-0.05, 0) is 19.1 Å². The molecule has 0 spiro atoms. The quantitative estimate of drug-likeness (QED) is 0.638. The van der Waals surface area contributed by atoms with Gasteiger partial charge in [0.15, 0.2) is 0 Å². The Morgan fingerprint density at radius 2 is 2.11 bits per heavy atom. The summed E-state index contributed by atoms with van der Waals surface area (Å²) in [6, 6.07) is 3.32. The number of rotatable bonds is 3. The molecule has 1 aromatic heterocycles. The predicted octanol–water partition coefficient (Wildman–Crippen LogP) is 1.99. The molecule has 9 heteroatoms. The second-order valence-corrected chi connectivity index (χ2v) is 5.87. The van der Waals surface area contributed by atoms with Gasteiger partial charge in [-0.25, -0.2) is 17.4 Å². The first-order valence-electron chi connectivity index (χ1n) is 5.03. The lowest BCUT2D eigenvalue weighted by atomic mass is 10.3. The monoisotopic (exact) mass is 301 g/mol. The molecule has 0 saturated heterocycles. The molecule has 0 N–H and O–H groups in total. The second kappa shape index (κ2) is 4.63. The van der Waals surface area contributed by atoms with Crippen molar-refractivity contribution in [3.05, 3.63) is 51.6 Å². The molecule has 0 bridgehead atoms. The van der Waals surface area contributed by atoms with Crippen LogP contribution in [0.3, 0.4) is 0 Å². The molecule has 2 rings (SSSR count). The Kier molecular flexibility index (Phi) is 3.29. The topological polar surface area (TPSA) is 95.1 Å². The number of aromatic nitrogens is 2. The second-order valence-electron chi connectivity index (χ2n) is 3.65. The minimum Gasteiger partial charge on any atom is -0.258 e. The maximum absolute atomic E-state index is 12.3. The van der Waals surface area contributed by atoms with E-state index in [4.69, 9.17) is 11.6 Å². The fourth-order valence-corrected chi connectivity index (χ4v) is 3.05. The maximum atomic E-state index is 12.3. The van der Waals surface area contributed by atoms with E-state index >= 15 is 0 Å². The van der Waals surface area contributed by atoms with Gasteiger partial charge < -0.3 is 0 Å². The van der Waals surface area contributed by atoms with Crippen molar-refractivity contribution in [2.75, 3.05) is 0 Å². The highest BCUT2D eigenvalue weighted by Gasteiger charge is 2.23. The summed E-state index contributed by atoms with van der Waals surface area (Å²) < 4.78 is 25.5. The molecule has 100 valence electrons. The first kappa shape index (κ1) is 13.5. The van der Waals surface area contributed by atoms with Crippen LogP contribution in [0.5, 0.6) is 0 Å². The third kappa shape index (κ3) is 2.32. The van der Waals surface area contributed by atoms with Crippen LogP contribution in [0.2, 0.25) is 5.02 Å². The Hall–Kier alpha value is -1.93. The van der Waals surface area contributed by atoms with E-state index in [-0.39, 0.29) is 15.7 Å². The molecule has 0 unspecified atom stereocenters. The van der Waals surface area contributed by atoms with Crippen molar-refractivity contribution in [2.45, 2.75) is 11.8 Å². The van der Waals surface area contributed by atoms with Crippen LogP contribution in [-0.4, -0.2) is 22.3 Å². The zero-order valence-corrected chi connectivity index (χ0v) is 11.2. The normalized spacial score (nSPS) is 11.5. The summed E-state index contributed by atoms with van der Waals surface area (Å²) in [5.74, 6) is 0.262. The van der Waals surface area contributed by atoms with Crippen molar-refractivity contribution in [1.29, 1.82) is 0 Å². The first-order chi connectivity index (χ1) is 8.84. The molecule has 0 amide bonds. The van der Waals surface area contributed by atoms with Crippen molar-refractivity contribution in [3.8, 4) is 0 Å². The fourth-order valence-electron chi connectivity index (χ4n) is 1.53. The van der Waals surface area contributed by atoms with Crippen molar-refractivity contribution < 1.29 is 13.3 Å². The molecule has 0 aliphatic carbocycles. The van der Waals surface area contributed by atoms with Gasteiger partial charge in [-0.15, -0.1) is 0 Å². The number of hydrogen-bond acceptors (Lipinski definition) is 5. The van der Waals surface area contributed by atoms with Gasteiger partial charge in [0.05, 0.1) is 9.82 Å². The van der Waals surface area contributed by atoms with E-state index in [2.05, 4.69) is 4.98 Å². The van der Waals surface area contributed by atoms with Crippen LogP contribution in [0, 0.1) is 17.0 Å². The summed E-state index contributed by atoms with van der Waals surface area (Å²) in [6.07, 6.45) is 2.60. The molecular weight excluding hydrogens is 294 g/mol. The number of halogens is 1. The number of nitrogens with zero attached hydrogens (tertiary/aromatic N) is 3. The summed E-state index contributed by atoms with van der Waals surface area (Å²) in [5, 5.41) is 10.6. The largest absolute Gasteiger partial charge is 0.289 e. The van der Waals surface area contributed by atoms with E-state index in [1.165, 1.54) is 31.5 Å². The zero-order chi connectivity index (χ0) is 14.2. The van der Waals surface area contributed by atoms with Gasteiger partial charge in [-0.2, -0.15) is 0 Å². The third-order valence-electron chi connectivity index (χ3n) is 2.45. The Bertz CT molecular complexity index is 754. The van der Waals surface area contributed by atoms with Gasteiger partial charge >= 0.3 is 0 Å². The van der Waals surface area contributed by atoms with Gasteiger partial charge in [0.25, 0.3) is 15.7 Å². The van der Waals surface area contributed by atoms with Crippen LogP contribution in [0.1, 0.15) is 5.82 Å². The molecule has 0 aliphatic rings. The Labute approximate surface area is 113 Å². The maximum Gasteiger partial charge on any atom is 0.289 e. The minimum absolute atomic E-state index is 0.119. The summed E-state index contributed by atoms with van der Waals surface area (Å²) in [6.45, 7) is 1.52. The molecule has 19 heavy (non-hydrogen) atoms. The molecule has 0 aliphatic heterocycles. The number of benzene rings is 1. The van der Waals surface area contributed by atoms with Crippen LogP contribution < -0.4 is 0 Å². The molecule has 0 fully saturated rings. The predicted molar refractivity (Wildman–Crippen MR) is 67.7 cm³/mol. The van der Waals surface area contributed by atoms with Crippen molar-refractivity contribution in [1.82, 2.24) is 8.96 Å². The van der Waals surface area contributed by atoms with Crippen molar-refractivity contribution in [3.63, 3.8) is 0 Å². The lowest BCUT2D eigenvalue weighted by molar-refractivity contribution is -0.384. The zero-order valence-electron chi connectivity index (χ0n) is 9.65. The van der Waals surface area contributed by atoms with Crippen molar-refractivity contribution >= 4 is 27.3 Å². The lowest BCUT2D eigenvalue weighted by Gasteiger charge is -2.07. The van der Waals surface area contributed by atoms with Crippen LogP contribution in [0.15, 0.2) is 35.5 Å².